The monoisotopic (exact) mass is 290 g/mol. The highest BCUT2D eigenvalue weighted by atomic mass is 16.5. The fourth-order valence-corrected chi connectivity index (χ4v) is 3.07. The highest BCUT2D eigenvalue weighted by Gasteiger charge is 2.41. The van der Waals surface area contributed by atoms with Gasteiger partial charge in [-0.05, 0) is 31.4 Å². The summed E-state index contributed by atoms with van der Waals surface area (Å²) in [5.74, 6) is 0.189. The Labute approximate surface area is 127 Å². The molecule has 1 fully saturated rings. The zero-order valence-electron chi connectivity index (χ0n) is 13.4. The van der Waals surface area contributed by atoms with Crippen molar-refractivity contribution < 1.29 is 9.53 Å². The van der Waals surface area contributed by atoms with Crippen LogP contribution in [0.3, 0.4) is 0 Å². The number of amides is 1. The lowest BCUT2D eigenvalue weighted by atomic mass is 10.1. The molecule has 0 radical (unpaired) electrons. The van der Waals surface area contributed by atoms with E-state index >= 15 is 0 Å². The number of hydrogen-bond donors (Lipinski definition) is 1. The van der Waals surface area contributed by atoms with Gasteiger partial charge >= 0.3 is 0 Å². The van der Waals surface area contributed by atoms with Gasteiger partial charge in [0.25, 0.3) is 0 Å². The summed E-state index contributed by atoms with van der Waals surface area (Å²) in [6, 6.07) is 8.22. The van der Waals surface area contributed by atoms with Gasteiger partial charge in [-0.15, -0.1) is 0 Å². The van der Waals surface area contributed by atoms with Crippen LogP contribution in [0, 0.1) is 6.92 Å². The number of aryl methyl sites for hydroxylation is 1. The maximum Gasteiger partial charge on any atom is 0.241 e. The SMILES string of the molecule is CCCC1NC(c2ccccc2C)N(C(C)COC)C1=O. The molecule has 4 heteroatoms. The largest absolute Gasteiger partial charge is 0.383 e. The molecule has 0 bridgehead atoms. The van der Waals surface area contributed by atoms with E-state index in [0.29, 0.717) is 6.61 Å². The standard InChI is InChI=1S/C17H26N2O2/c1-5-8-15-17(20)19(13(3)11-21-4)16(18-15)14-10-7-6-9-12(14)2/h6-7,9-10,13,15-16,18H,5,8,11H2,1-4H3. The molecule has 1 saturated heterocycles. The highest BCUT2D eigenvalue weighted by molar-refractivity contribution is 5.85. The van der Waals surface area contributed by atoms with Gasteiger partial charge in [0.15, 0.2) is 0 Å². The summed E-state index contributed by atoms with van der Waals surface area (Å²) >= 11 is 0. The summed E-state index contributed by atoms with van der Waals surface area (Å²) in [7, 11) is 1.68. The van der Waals surface area contributed by atoms with Gasteiger partial charge in [-0.25, -0.2) is 0 Å². The number of benzene rings is 1. The molecule has 1 amide bonds. The molecule has 1 aliphatic heterocycles. The van der Waals surface area contributed by atoms with E-state index < -0.39 is 0 Å². The number of methoxy groups -OCH3 is 1. The van der Waals surface area contributed by atoms with Gasteiger partial charge in [-0.3, -0.25) is 10.1 Å². The predicted molar refractivity (Wildman–Crippen MR) is 83.9 cm³/mol. The summed E-state index contributed by atoms with van der Waals surface area (Å²) in [4.78, 5) is 14.7. The van der Waals surface area contributed by atoms with E-state index in [1.807, 2.05) is 24.0 Å². The van der Waals surface area contributed by atoms with Crippen molar-refractivity contribution in [2.24, 2.45) is 0 Å². The van der Waals surface area contributed by atoms with Crippen molar-refractivity contribution in [2.45, 2.75) is 51.9 Å². The van der Waals surface area contributed by atoms with Crippen LogP contribution in [0.4, 0.5) is 0 Å². The smallest absolute Gasteiger partial charge is 0.241 e. The minimum Gasteiger partial charge on any atom is -0.383 e. The van der Waals surface area contributed by atoms with Gasteiger partial charge < -0.3 is 9.64 Å². The molecule has 21 heavy (non-hydrogen) atoms. The molecule has 4 nitrogen and oxygen atoms in total. The topological polar surface area (TPSA) is 41.6 Å². The van der Waals surface area contributed by atoms with Crippen LogP contribution in [0.15, 0.2) is 24.3 Å². The average Bonchev–Trinajstić information content (AvgIpc) is 2.77. The Morgan fingerprint density at radius 1 is 1.38 bits per heavy atom. The lowest BCUT2D eigenvalue weighted by Crippen LogP contribution is -2.41. The van der Waals surface area contributed by atoms with Crippen LogP contribution in [-0.4, -0.2) is 36.6 Å². The van der Waals surface area contributed by atoms with Crippen LogP contribution >= 0.6 is 0 Å². The quantitative estimate of drug-likeness (QED) is 0.875. The summed E-state index contributed by atoms with van der Waals surface area (Å²) in [5.41, 5.74) is 2.38. The summed E-state index contributed by atoms with van der Waals surface area (Å²) in [6.07, 6.45) is 1.81. The van der Waals surface area contributed by atoms with Crippen LogP contribution in [-0.2, 0) is 9.53 Å². The molecule has 0 saturated carbocycles. The number of hydrogen-bond acceptors (Lipinski definition) is 3. The molecule has 2 rings (SSSR count). The molecule has 0 aromatic heterocycles. The third-order valence-electron chi connectivity index (χ3n) is 4.13. The van der Waals surface area contributed by atoms with Crippen molar-refractivity contribution in [3.05, 3.63) is 35.4 Å². The van der Waals surface area contributed by atoms with E-state index in [9.17, 15) is 4.79 Å². The third-order valence-corrected chi connectivity index (χ3v) is 4.13. The zero-order valence-corrected chi connectivity index (χ0v) is 13.4. The van der Waals surface area contributed by atoms with Gasteiger partial charge in [0.1, 0.15) is 6.17 Å². The van der Waals surface area contributed by atoms with Crippen LogP contribution in [0.25, 0.3) is 0 Å². The van der Waals surface area contributed by atoms with Gasteiger partial charge in [0.05, 0.1) is 18.7 Å². The number of carbonyl (C=O) groups is 1. The zero-order chi connectivity index (χ0) is 15.4. The summed E-state index contributed by atoms with van der Waals surface area (Å²) in [5, 5.41) is 3.51. The summed E-state index contributed by atoms with van der Waals surface area (Å²) in [6.45, 7) is 6.80. The van der Waals surface area contributed by atoms with Crippen molar-refractivity contribution >= 4 is 5.91 Å². The lowest BCUT2D eigenvalue weighted by Gasteiger charge is -2.31. The van der Waals surface area contributed by atoms with Crippen molar-refractivity contribution in [1.82, 2.24) is 10.2 Å². The third kappa shape index (κ3) is 3.27. The number of rotatable bonds is 6. The minimum absolute atomic E-state index is 0.0552. The fraction of sp³-hybridized carbons (Fsp3) is 0.588. The van der Waals surface area contributed by atoms with Crippen LogP contribution < -0.4 is 5.32 Å². The number of carbonyl (C=O) groups excluding carboxylic acids is 1. The molecule has 3 atom stereocenters. The Morgan fingerprint density at radius 2 is 2.10 bits per heavy atom. The number of nitrogens with zero attached hydrogens (tertiary/aromatic N) is 1. The van der Waals surface area contributed by atoms with Crippen LogP contribution in [0.5, 0.6) is 0 Å². The van der Waals surface area contributed by atoms with E-state index in [4.69, 9.17) is 4.74 Å². The first-order valence-corrected chi connectivity index (χ1v) is 7.72. The van der Waals surface area contributed by atoms with Crippen LogP contribution in [0.2, 0.25) is 0 Å². The first-order chi connectivity index (χ1) is 10.1. The van der Waals surface area contributed by atoms with Crippen LogP contribution in [0.1, 0.15) is 44.0 Å². The first kappa shape index (κ1) is 16.0. The van der Waals surface area contributed by atoms with E-state index in [-0.39, 0.29) is 24.2 Å². The Hall–Kier alpha value is -1.39. The molecular weight excluding hydrogens is 264 g/mol. The molecule has 1 N–H and O–H groups in total. The van der Waals surface area contributed by atoms with E-state index in [0.717, 1.165) is 12.8 Å². The van der Waals surface area contributed by atoms with Gasteiger partial charge in [-0.1, -0.05) is 37.6 Å². The first-order valence-electron chi connectivity index (χ1n) is 7.72. The van der Waals surface area contributed by atoms with Gasteiger partial charge in [0, 0.05) is 7.11 Å². The molecule has 1 aromatic rings. The molecule has 1 aromatic carbocycles. The van der Waals surface area contributed by atoms with Crippen molar-refractivity contribution in [1.29, 1.82) is 0 Å². The van der Waals surface area contributed by atoms with E-state index in [1.165, 1.54) is 11.1 Å². The molecule has 1 aliphatic rings. The maximum atomic E-state index is 12.7. The normalized spacial score (nSPS) is 23.6. The Bertz CT molecular complexity index is 489. The molecule has 1 heterocycles. The second kappa shape index (κ2) is 7.05. The Balaban J connectivity index is 2.32. The molecular formula is C17H26N2O2. The summed E-state index contributed by atoms with van der Waals surface area (Å²) < 4.78 is 5.25. The molecule has 3 unspecified atom stereocenters. The minimum atomic E-state index is -0.0843. The van der Waals surface area contributed by atoms with Crippen molar-refractivity contribution in [2.75, 3.05) is 13.7 Å². The number of nitrogens with one attached hydrogen (secondary N) is 1. The van der Waals surface area contributed by atoms with Gasteiger partial charge in [-0.2, -0.15) is 0 Å². The number of ether oxygens (including phenoxy) is 1. The maximum absolute atomic E-state index is 12.7. The fourth-order valence-electron chi connectivity index (χ4n) is 3.07. The second-order valence-electron chi connectivity index (χ2n) is 5.82. The second-order valence-corrected chi connectivity index (χ2v) is 5.82. The Kier molecular flexibility index (Phi) is 5.37. The van der Waals surface area contributed by atoms with Gasteiger partial charge in [0.2, 0.25) is 5.91 Å². The van der Waals surface area contributed by atoms with Crippen molar-refractivity contribution in [3.8, 4) is 0 Å². The van der Waals surface area contributed by atoms with E-state index in [1.54, 1.807) is 7.11 Å². The Morgan fingerprint density at radius 3 is 2.71 bits per heavy atom. The molecule has 116 valence electrons. The molecule has 0 spiro atoms. The predicted octanol–water partition coefficient (Wildman–Crippen LogP) is 2.63. The van der Waals surface area contributed by atoms with E-state index in [2.05, 4.69) is 31.3 Å². The average molecular weight is 290 g/mol. The van der Waals surface area contributed by atoms with Crippen molar-refractivity contribution in [3.63, 3.8) is 0 Å². The molecule has 0 aliphatic carbocycles. The lowest BCUT2D eigenvalue weighted by molar-refractivity contribution is -0.133. The highest BCUT2D eigenvalue weighted by Crippen LogP contribution is 2.30.